The number of benzene rings is 2. The van der Waals surface area contributed by atoms with Gasteiger partial charge >= 0.3 is 0 Å². The Bertz CT molecular complexity index is 1140. The standard InChI is InChI=1S/C20H20N2O4/c1-20(2)16(21-24)9-12-14(26-20)10-15(25-4)17-18(12)22(3)13-8-6-5-7-11(13)19(17)23/h5-8,10,24H,9H2,1-4H3/b21-16+. The number of aryl methyl sites for hydroxylation is 1. The maximum atomic E-state index is 13.2. The molecule has 26 heavy (non-hydrogen) atoms. The van der Waals surface area contributed by atoms with Crippen LogP contribution in [0.1, 0.15) is 19.4 Å². The highest BCUT2D eigenvalue weighted by molar-refractivity contribution is 6.04. The molecule has 1 aliphatic heterocycles. The molecule has 1 aromatic heterocycles. The number of ether oxygens (including phenoxy) is 2. The average molecular weight is 352 g/mol. The Labute approximate surface area is 150 Å². The number of rotatable bonds is 1. The smallest absolute Gasteiger partial charge is 0.200 e. The van der Waals surface area contributed by atoms with E-state index in [0.29, 0.717) is 34.4 Å². The Hall–Kier alpha value is -3.02. The highest BCUT2D eigenvalue weighted by atomic mass is 16.5. The van der Waals surface area contributed by atoms with Crippen LogP contribution < -0.4 is 14.9 Å². The Morgan fingerprint density at radius 1 is 1.31 bits per heavy atom. The van der Waals surface area contributed by atoms with E-state index in [2.05, 4.69) is 5.16 Å². The van der Waals surface area contributed by atoms with Crippen LogP contribution in [0.2, 0.25) is 0 Å². The quantitative estimate of drug-likeness (QED) is 0.414. The van der Waals surface area contributed by atoms with Gasteiger partial charge in [0.25, 0.3) is 0 Å². The van der Waals surface area contributed by atoms with Gasteiger partial charge in [0, 0.05) is 30.5 Å². The fraction of sp³-hybridized carbons (Fsp3) is 0.300. The van der Waals surface area contributed by atoms with Gasteiger partial charge in [-0.15, -0.1) is 0 Å². The van der Waals surface area contributed by atoms with E-state index in [9.17, 15) is 10.0 Å². The van der Waals surface area contributed by atoms with Gasteiger partial charge in [-0.2, -0.15) is 0 Å². The zero-order chi connectivity index (χ0) is 18.6. The van der Waals surface area contributed by atoms with Gasteiger partial charge in [-0.25, -0.2) is 0 Å². The molecule has 0 aliphatic carbocycles. The summed E-state index contributed by atoms with van der Waals surface area (Å²) in [6, 6.07) is 9.24. The summed E-state index contributed by atoms with van der Waals surface area (Å²) in [4.78, 5) is 13.2. The molecule has 4 rings (SSSR count). The van der Waals surface area contributed by atoms with E-state index in [4.69, 9.17) is 9.47 Å². The number of para-hydroxylation sites is 1. The molecule has 0 amide bonds. The van der Waals surface area contributed by atoms with Crippen LogP contribution in [-0.4, -0.2) is 28.2 Å². The second-order valence-corrected chi connectivity index (χ2v) is 7.02. The van der Waals surface area contributed by atoms with Crippen LogP contribution in [0.3, 0.4) is 0 Å². The minimum atomic E-state index is -0.740. The third-order valence-electron chi connectivity index (χ3n) is 5.15. The van der Waals surface area contributed by atoms with Gasteiger partial charge in [-0.3, -0.25) is 4.79 Å². The molecule has 0 radical (unpaired) electrons. The van der Waals surface area contributed by atoms with Crippen molar-refractivity contribution in [2.45, 2.75) is 25.9 Å². The molecular weight excluding hydrogens is 332 g/mol. The molecule has 2 aromatic carbocycles. The second kappa shape index (κ2) is 5.49. The Balaban J connectivity index is 2.22. The normalized spacial score (nSPS) is 17.3. The Kier molecular flexibility index (Phi) is 3.47. The highest BCUT2D eigenvalue weighted by Crippen LogP contribution is 2.40. The van der Waals surface area contributed by atoms with Crippen LogP contribution in [0.4, 0.5) is 0 Å². The topological polar surface area (TPSA) is 73.1 Å². The van der Waals surface area contributed by atoms with E-state index in [1.807, 2.05) is 49.7 Å². The number of oxime groups is 1. The fourth-order valence-electron chi connectivity index (χ4n) is 3.76. The van der Waals surface area contributed by atoms with Gasteiger partial charge in [-0.05, 0) is 26.0 Å². The first kappa shape index (κ1) is 16.4. The highest BCUT2D eigenvalue weighted by Gasteiger charge is 2.36. The van der Waals surface area contributed by atoms with Gasteiger partial charge in [0.1, 0.15) is 22.8 Å². The van der Waals surface area contributed by atoms with E-state index in [0.717, 1.165) is 16.6 Å². The Morgan fingerprint density at radius 3 is 2.73 bits per heavy atom. The van der Waals surface area contributed by atoms with Crippen molar-refractivity contribution in [1.82, 2.24) is 4.57 Å². The summed E-state index contributed by atoms with van der Waals surface area (Å²) in [6.45, 7) is 3.70. The summed E-state index contributed by atoms with van der Waals surface area (Å²) in [5.74, 6) is 1.11. The van der Waals surface area contributed by atoms with Crippen LogP contribution in [0.15, 0.2) is 40.3 Å². The summed E-state index contributed by atoms with van der Waals surface area (Å²) in [5.41, 5.74) is 2.07. The van der Waals surface area contributed by atoms with Crippen molar-refractivity contribution in [3.63, 3.8) is 0 Å². The van der Waals surface area contributed by atoms with Gasteiger partial charge < -0.3 is 19.2 Å². The summed E-state index contributed by atoms with van der Waals surface area (Å²) in [7, 11) is 3.46. The minimum Gasteiger partial charge on any atom is -0.496 e. The molecule has 1 aliphatic rings. The lowest BCUT2D eigenvalue weighted by Crippen LogP contribution is -2.43. The molecule has 0 saturated heterocycles. The second-order valence-electron chi connectivity index (χ2n) is 7.02. The molecule has 3 aromatic rings. The van der Waals surface area contributed by atoms with Crippen molar-refractivity contribution < 1.29 is 14.7 Å². The SMILES string of the molecule is COc1cc2c(c3c1c(=O)c1ccccc1n3C)C/C(=N\O)C(C)(C)O2. The first-order valence-electron chi connectivity index (χ1n) is 8.40. The molecule has 0 spiro atoms. The van der Waals surface area contributed by atoms with E-state index < -0.39 is 5.60 Å². The largest absolute Gasteiger partial charge is 0.496 e. The third kappa shape index (κ3) is 2.11. The van der Waals surface area contributed by atoms with Crippen LogP contribution in [0.5, 0.6) is 11.5 Å². The zero-order valence-electron chi connectivity index (χ0n) is 15.2. The number of nitrogens with zero attached hydrogens (tertiary/aromatic N) is 2. The van der Waals surface area contributed by atoms with Crippen LogP contribution in [-0.2, 0) is 13.5 Å². The van der Waals surface area contributed by atoms with Gasteiger partial charge in [-0.1, -0.05) is 17.3 Å². The van der Waals surface area contributed by atoms with Gasteiger partial charge in [0.2, 0.25) is 5.43 Å². The molecule has 6 heteroatoms. The van der Waals surface area contributed by atoms with Crippen molar-refractivity contribution in [3.8, 4) is 11.5 Å². The van der Waals surface area contributed by atoms with E-state index in [1.165, 1.54) is 0 Å². The predicted octanol–water partition coefficient (Wildman–Crippen LogP) is 3.24. The average Bonchev–Trinajstić information content (AvgIpc) is 2.63. The summed E-state index contributed by atoms with van der Waals surface area (Å²) in [6.07, 6.45) is 0.394. The Morgan fingerprint density at radius 2 is 2.04 bits per heavy atom. The fourth-order valence-corrected chi connectivity index (χ4v) is 3.76. The van der Waals surface area contributed by atoms with E-state index >= 15 is 0 Å². The molecule has 0 saturated carbocycles. The summed E-state index contributed by atoms with van der Waals surface area (Å²) >= 11 is 0. The lowest BCUT2D eigenvalue weighted by atomic mass is 9.90. The van der Waals surface area contributed by atoms with Crippen LogP contribution in [0, 0.1) is 0 Å². The third-order valence-corrected chi connectivity index (χ3v) is 5.15. The lowest BCUT2D eigenvalue weighted by molar-refractivity contribution is 0.163. The number of hydrogen-bond acceptors (Lipinski definition) is 5. The molecule has 0 atom stereocenters. The van der Waals surface area contributed by atoms with Crippen LogP contribution in [0.25, 0.3) is 21.8 Å². The monoisotopic (exact) mass is 352 g/mol. The molecule has 134 valence electrons. The number of pyridine rings is 1. The van der Waals surface area contributed by atoms with Crippen molar-refractivity contribution in [3.05, 3.63) is 46.1 Å². The maximum Gasteiger partial charge on any atom is 0.200 e. The van der Waals surface area contributed by atoms with E-state index in [1.54, 1.807) is 13.2 Å². The molecular formula is C20H20N2O4. The number of aromatic nitrogens is 1. The number of hydrogen-bond donors (Lipinski definition) is 1. The molecule has 1 N–H and O–H groups in total. The molecule has 0 bridgehead atoms. The maximum absolute atomic E-state index is 13.2. The summed E-state index contributed by atoms with van der Waals surface area (Å²) in [5, 5.41) is 14.0. The zero-order valence-corrected chi connectivity index (χ0v) is 15.2. The molecule has 0 unspecified atom stereocenters. The first-order chi connectivity index (χ1) is 12.4. The lowest BCUT2D eigenvalue weighted by Gasteiger charge is -2.34. The molecule has 0 fully saturated rings. The van der Waals surface area contributed by atoms with Crippen LogP contribution >= 0.6 is 0 Å². The van der Waals surface area contributed by atoms with Gasteiger partial charge in [0.05, 0.1) is 23.5 Å². The number of methoxy groups -OCH3 is 1. The first-order valence-corrected chi connectivity index (χ1v) is 8.40. The van der Waals surface area contributed by atoms with Crippen molar-refractivity contribution in [1.29, 1.82) is 0 Å². The molecule has 6 nitrogen and oxygen atoms in total. The van der Waals surface area contributed by atoms with Crippen molar-refractivity contribution in [2.75, 3.05) is 7.11 Å². The minimum absolute atomic E-state index is 0.0827. The van der Waals surface area contributed by atoms with E-state index in [-0.39, 0.29) is 5.43 Å². The summed E-state index contributed by atoms with van der Waals surface area (Å²) < 4.78 is 13.6. The van der Waals surface area contributed by atoms with Crippen molar-refractivity contribution >= 4 is 27.5 Å². The predicted molar refractivity (Wildman–Crippen MR) is 101 cm³/mol. The van der Waals surface area contributed by atoms with Gasteiger partial charge in [0.15, 0.2) is 0 Å². The van der Waals surface area contributed by atoms with Crippen molar-refractivity contribution in [2.24, 2.45) is 12.2 Å². The number of fused-ring (bicyclic) bond motifs is 4. The molecule has 2 heterocycles.